The summed E-state index contributed by atoms with van der Waals surface area (Å²) in [5.74, 6) is 0.877. The van der Waals surface area contributed by atoms with Crippen LogP contribution in [0.4, 0.5) is 0 Å². The molecule has 0 amide bonds. The fraction of sp³-hybridized carbons (Fsp3) is 0.533. The van der Waals surface area contributed by atoms with Gasteiger partial charge in [0.1, 0.15) is 12.4 Å². The number of ketones is 1. The molecule has 106 valence electrons. The van der Waals surface area contributed by atoms with Crippen LogP contribution in [-0.2, 0) is 4.74 Å². The second-order valence-corrected chi connectivity index (χ2v) is 5.91. The van der Waals surface area contributed by atoms with Crippen LogP contribution in [0.5, 0.6) is 5.75 Å². The minimum absolute atomic E-state index is 0.152. The molecular formula is C15H21BrO3. The van der Waals surface area contributed by atoms with Gasteiger partial charge >= 0.3 is 0 Å². The summed E-state index contributed by atoms with van der Waals surface area (Å²) in [6.07, 6.45) is 0.815. The van der Waals surface area contributed by atoms with Crippen LogP contribution in [0.25, 0.3) is 0 Å². The third-order valence-electron chi connectivity index (χ3n) is 3.24. The number of halogens is 1. The molecule has 0 spiro atoms. The summed E-state index contributed by atoms with van der Waals surface area (Å²) in [7, 11) is 1.63. The Morgan fingerprint density at radius 2 is 2.00 bits per heavy atom. The first kappa shape index (κ1) is 16.2. The third-order valence-corrected chi connectivity index (χ3v) is 3.86. The van der Waals surface area contributed by atoms with Gasteiger partial charge in [-0.3, -0.25) is 4.79 Å². The molecule has 1 rings (SSSR count). The van der Waals surface area contributed by atoms with Gasteiger partial charge < -0.3 is 9.47 Å². The molecule has 0 fully saturated rings. The molecule has 0 aliphatic carbocycles. The van der Waals surface area contributed by atoms with E-state index in [0.717, 1.165) is 16.6 Å². The number of carbonyl (C=O) groups is 1. The van der Waals surface area contributed by atoms with Gasteiger partial charge in [0.05, 0.1) is 11.1 Å². The van der Waals surface area contributed by atoms with E-state index in [0.29, 0.717) is 18.8 Å². The molecule has 0 unspecified atom stereocenters. The first-order valence-electron chi connectivity index (χ1n) is 6.38. The summed E-state index contributed by atoms with van der Waals surface area (Å²) in [5, 5.41) is 0. The van der Waals surface area contributed by atoms with Crippen LogP contribution in [0.2, 0.25) is 0 Å². The Balaban J connectivity index is 2.85. The summed E-state index contributed by atoms with van der Waals surface area (Å²) in [5.41, 5.74) is 0.371. The molecule has 0 aliphatic heterocycles. The van der Waals surface area contributed by atoms with Crippen molar-refractivity contribution in [3.05, 3.63) is 28.2 Å². The average Bonchev–Trinajstić information content (AvgIpc) is 2.40. The van der Waals surface area contributed by atoms with Crippen LogP contribution in [0.1, 0.15) is 37.6 Å². The molecule has 0 radical (unpaired) electrons. The number of Topliss-reactive ketones (excluding diaryl/α,β-unsaturated/α-hetero) is 1. The standard InChI is InChI=1S/C15H21BrO3/c1-5-15(2,3)14(17)11-6-7-13(12(16)10-11)19-9-8-18-4/h6-7,10H,5,8-9H2,1-4H3. The van der Waals surface area contributed by atoms with Crippen LogP contribution in [0.3, 0.4) is 0 Å². The predicted octanol–water partition coefficient (Wildman–Crippen LogP) is 4.09. The molecule has 0 saturated heterocycles. The maximum absolute atomic E-state index is 12.3. The molecule has 4 heteroatoms. The molecule has 0 saturated carbocycles. The van der Waals surface area contributed by atoms with E-state index in [2.05, 4.69) is 15.9 Å². The molecule has 19 heavy (non-hydrogen) atoms. The lowest BCUT2D eigenvalue weighted by atomic mass is 9.82. The van der Waals surface area contributed by atoms with Crippen molar-refractivity contribution in [3.8, 4) is 5.75 Å². The van der Waals surface area contributed by atoms with E-state index in [4.69, 9.17) is 9.47 Å². The molecule has 0 N–H and O–H groups in total. The largest absolute Gasteiger partial charge is 0.490 e. The highest BCUT2D eigenvalue weighted by Gasteiger charge is 2.26. The minimum atomic E-state index is -0.335. The Morgan fingerprint density at radius 3 is 2.53 bits per heavy atom. The maximum Gasteiger partial charge on any atom is 0.168 e. The first-order valence-corrected chi connectivity index (χ1v) is 7.17. The van der Waals surface area contributed by atoms with Gasteiger partial charge in [0.25, 0.3) is 0 Å². The van der Waals surface area contributed by atoms with Crippen molar-refractivity contribution in [2.24, 2.45) is 5.41 Å². The Hall–Kier alpha value is -0.870. The number of benzene rings is 1. The molecule has 0 heterocycles. The molecule has 1 aromatic rings. The van der Waals surface area contributed by atoms with Crippen LogP contribution in [0, 0.1) is 5.41 Å². The van der Waals surface area contributed by atoms with Crippen molar-refractivity contribution in [1.29, 1.82) is 0 Å². The quantitative estimate of drug-likeness (QED) is 0.558. The zero-order valence-corrected chi connectivity index (χ0v) is 13.5. The van der Waals surface area contributed by atoms with Crippen LogP contribution in [-0.4, -0.2) is 26.1 Å². The predicted molar refractivity (Wildman–Crippen MR) is 79.9 cm³/mol. The van der Waals surface area contributed by atoms with E-state index in [1.807, 2.05) is 39.0 Å². The topological polar surface area (TPSA) is 35.5 Å². The SMILES string of the molecule is CCC(C)(C)C(=O)c1ccc(OCCOC)c(Br)c1. The molecule has 0 bridgehead atoms. The number of carbonyl (C=O) groups excluding carboxylic acids is 1. The summed E-state index contributed by atoms with van der Waals surface area (Å²) in [6.45, 7) is 6.98. The summed E-state index contributed by atoms with van der Waals surface area (Å²) in [6, 6.07) is 5.45. The average molecular weight is 329 g/mol. The van der Waals surface area contributed by atoms with Crippen molar-refractivity contribution in [2.75, 3.05) is 20.3 Å². The van der Waals surface area contributed by atoms with E-state index in [1.165, 1.54) is 0 Å². The normalized spacial score (nSPS) is 11.4. The summed E-state index contributed by atoms with van der Waals surface area (Å²) in [4.78, 5) is 12.3. The van der Waals surface area contributed by atoms with E-state index < -0.39 is 0 Å². The lowest BCUT2D eigenvalue weighted by Crippen LogP contribution is -2.23. The number of hydrogen-bond acceptors (Lipinski definition) is 3. The summed E-state index contributed by atoms with van der Waals surface area (Å²) >= 11 is 3.44. The molecular weight excluding hydrogens is 308 g/mol. The van der Waals surface area contributed by atoms with E-state index in [1.54, 1.807) is 7.11 Å². The van der Waals surface area contributed by atoms with E-state index >= 15 is 0 Å². The van der Waals surface area contributed by atoms with Crippen molar-refractivity contribution in [2.45, 2.75) is 27.2 Å². The molecule has 0 aromatic heterocycles. The van der Waals surface area contributed by atoms with E-state index in [-0.39, 0.29) is 11.2 Å². The molecule has 0 aliphatic rings. The van der Waals surface area contributed by atoms with Gasteiger partial charge in [-0.1, -0.05) is 20.8 Å². The van der Waals surface area contributed by atoms with Crippen molar-refractivity contribution in [3.63, 3.8) is 0 Å². The zero-order valence-electron chi connectivity index (χ0n) is 12.0. The maximum atomic E-state index is 12.3. The van der Waals surface area contributed by atoms with Crippen LogP contribution >= 0.6 is 15.9 Å². The second kappa shape index (κ2) is 7.06. The van der Waals surface area contributed by atoms with Crippen LogP contribution in [0.15, 0.2) is 22.7 Å². The fourth-order valence-electron chi connectivity index (χ4n) is 1.55. The highest BCUT2D eigenvalue weighted by Crippen LogP contribution is 2.30. The lowest BCUT2D eigenvalue weighted by Gasteiger charge is -2.21. The number of rotatable bonds is 7. The highest BCUT2D eigenvalue weighted by atomic mass is 79.9. The van der Waals surface area contributed by atoms with Gasteiger partial charge in [-0.25, -0.2) is 0 Å². The Bertz CT molecular complexity index is 441. The Kier molecular flexibility index (Phi) is 6.01. The summed E-state index contributed by atoms with van der Waals surface area (Å²) < 4.78 is 11.3. The van der Waals surface area contributed by atoms with Gasteiger partial charge in [0.15, 0.2) is 5.78 Å². The van der Waals surface area contributed by atoms with Crippen molar-refractivity contribution in [1.82, 2.24) is 0 Å². The number of hydrogen-bond donors (Lipinski definition) is 0. The smallest absolute Gasteiger partial charge is 0.168 e. The number of ether oxygens (including phenoxy) is 2. The molecule has 1 aromatic carbocycles. The first-order chi connectivity index (χ1) is 8.92. The van der Waals surface area contributed by atoms with E-state index in [9.17, 15) is 4.79 Å². The Morgan fingerprint density at radius 1 is 1.32 bits per heavy atom. The third kappa shape index (κ3) is 4.32. The fourth-order valence-corrected chi connectivity index (χ4v) is 2.04. The van der Waals surface area contributed by atoms with Gasteiger partial charge in [-0.2, -0.15) is 0 Å². The van der Waals surface area contributed by atoms with Crippen molar-refractivity contribution >= 4 is 21.7 Å². The van der Waals surface area contributed by atoms with Gasteiger partial charge in [0.2, 0.25) is 0 Å². The van der Waals surface area contributed by atoms with Gasteiger partial charge in [-0.05, 0) is 40.5 Å². The highest BCUT2D eigenvalue weighted by molar-refractivity contribution is 9.10. The monoisotopic (exact) mass is 328 g/mol. The zero-order chi connectivity index (χ0) is 14.5. The molecule has 3 nitrogen and oxygen atoms in total. The second-order valence-electron chi connectivity index (χ2n) is 5.05. The number of methoxy groups -OCH3 is 1. The molecule has 0 atom stereocenters. The van der Waals surface area contributed by atoms with Gasteiger partial charge in [0, 0.05) is 18.1 Å². The Labute approximate surface area is 123 Å². The minimum Gasteiger partial charge on any atom is -0.490 e. The van der Waals surface area contributed by atoms with Gasteiger partial charge in [-0.15, -0.1) is 0 Å². The lowest BCUT2D eigenvalue weighted by molar-refractivity contribution is 0.0833. The van der Waals surface area contributed by atoms with Crippen LogP contribution < -0.4 is 4.74 Å². The van der Waals surface area contributed by atoms with Crippen molar-refractivity contribution < 1.29 is 14.3 Å².